The van der Waals surface area contributed by atoms with Gasteiger partial charge in [0.05, 0.1) is 16.7 Å². The van der Waals surface area contributed by atoms with Crippen LogP contribution in [0.25, 0.3) is 0 Å². The molecule has 0 amide bonds. The fourth-order valence-electron chi connectivity index (χ4n) is 3.39. The van der Waals surface area contributed by atoms with Gasteiger partial charge < -0.3 is 15.4 Å². The highest BCUT2D eigenvalue weighted by molar-refractivity contribution is 14.0. The van der Waals surface area contributed by atoms with Crippen LogP contribution in [-0.4, -0.2) is 30.1 Å². The first-order valence-corrected chi connectivity index (χ1v) is 9.87. The topological polar surface area (TPSA) is 58.5 Å². The number of ether oxygens (including phenoxy) is 1. The summed E-state index contributed by atoms with van der Waals surface area (Å²) >= 11 is 1.77. The van der Waals surface area contributed by atoms with Gasteiger partial charge in [-0.25, -0.2) is 4.98 Å². The number of halogens is 1. The molecule has 2 N–H and O–H groups in total. The molecular weight excluding hydrogens is 471 g/mol. The number of thiazole rings is 1. The van der Waals surface area contributed by atoms with Gasteiger partial charge in [0, 0.05) is 36.9 Å². The molecule has 1 unspecified atom stereocenters. The van der Waals surface area contributed by atoms with E-state index in [9.17, 15) is 0 Å². The fourth-order valence-corrected chi connectivity index (χ4v) is 4.33. The normalized spacial score (nSPS) is 18.1. The van der Waals surface area contributed by atoms with Crippen LogP contribution in [0, 0.1) is 13.8 Å². The zero-order chi connectivity index (χ0) is 18.7. The molecule has 1 aromatic heterocycles. The average Bonchev–Trinajstić information content (AvgIpc) is 2.90. The molecule has 0 spiro atoms. The Morgan fingerprint density at radius 2 is 2.07 bits per heavy atom. The SMILES string of the molecule is CN=C(NCCc1sc(C)nc1C)NC1CC(C)(C)Oc2ccccc21.I. The quantitative estimate of drug-likeness (QED) is 0.372. The van der Waals surface area contributed by atoms with Crippen molar-refractivity contribution < 1.29 is 4.74 Å². The third kappa shape index (κ3) is 5.57. The van der Waals surface area contributed by atoms with Crippen LogP contribution in [0.4, 0.5) is 0 Å². The van der Waals surface area contributed by atoms with Gasteiger partial charge >= 0.3 is 0 Å². The summed E-state index contributed by atoms with van der Waals surface area (Å²) in [6.45, 7) is 9.22. The van der Waals surface area contributed by atoms with Crippen molar-refractivity contribution in [2.24, 2.45) is 4.99 Å². The van der Waals surface area contributed by atoms with Crippen LogP contribution < -0.4 is 15.4 Å². The summed E-state index contributed by atoms with van der Waals surface area (Å²) in [5.74, 6) is 1.77. The summed E-state index contributed by atoms with van der Waals surface area (Å²) in [6.07, 6.45) is 1.84. The number of fused-ring (bicyclic) bond motifs is 1. The Morgan fingerprint density at radius 3 is 2.74 bits per heavy atom. The number of aryl methyl sites for hydroxylation is 2. The molecule has 27 heavy (non-hydrogen) atoms. The van der Waals surface area contributed by atoms with Crippen LogP contribution in [-0.2, 0) is 6.42 Å². The molecule has 1 aromatic carbocycles. The van der Waals surface area contributed by atoms with Crippen molar-refractivity contribution in [3.05, 3.63) is 45.4 Å². The minimum Gasteiger partial charge on any atom is -0.487 e. The first-order valence-electron chi connectivity index (χ1n) is 9.06. The van der Waals surface area contributed by atoms with Gasteiger partial charge in [0.2, 0.25) is 0 Å². The maximum absolute atomic E-state index is 6.11. The van der Waals surface area contributed by atoms with Crippen LogP contribution in [0.15, 0.2) is 29.3 Å². The maximum atomic E-state index is 6.11. The highest BCUT2D eigenvalue weighted by Gasteiger charge is 2.33. The van der Waals surface area contributed by atoms with E-state index >= 15 is 0 Å². The van der Waals surface area contributed by atoms with Crippen LogP contribution >= 0.6 is 35.3 Å². The molecule has 1 aliphatic heterocycles. The van der Waals surface area contributed by atoms with Crippen molar-refractivity contribution in [3.8, 4) is 5.75 Å². The lowest BCUT2D eigenvalue weighted by Gasteiger charge is -2.38. The number of rotatable bonds is 4. The van der Waals surface area contributed by atoms with Crippen LogP contribution in [0.1, 0.15) is 47.5 Å². The van der Waals surface area contributed by atoms with Gasteiger partial charge in [0.1, 0.15) is 11.4 Å². The van der Waals surface area contributed by atoms with Crippen molar-refractivity contribution in [3.63, 3.8) is 0 Å². The molecule has 2 aromatic rings. The van der Waals surface area contributed by atoms with Crippen LogP contribution in [0.3, 0.4) is 0 Å². The number of para-hydroxylation sites is 1. The lowest BCUT2D eigenvalue weighted by atomic mass is 9.90. The molecule has 5 nitrogen and oxygen atoms in total. The van der Waals surface area contributed by atoms with Crippen molar-refractivity contribution in [2.45, 2.75) is 52.2 Å². The number of benzene rings is 1. The Bertz CT molecular complexity index is 803. The first kappa shape index (κ1) is 21.9. The zero-order valence-electron chi connectivity index (χ0n) is 16.6. The van der Waals surface area contributed by atoms with Crippen molar-refractivity contribution in [1.29, 1.82) is 0 Å². The predicted octanol–water partition coefficient (Wildman–Crippen LogP) is 4.39. The lowest BCUT2D eigenvalue weighted by Crippen LogP contribution is -2.45. The highest BCUT2D eigenvalue weighted by Crippen LogP contribution is 2.39. The molecule has 2 heterocycles. The molecule has 0 radical (unpaired) electrons. The van der Waals surface area contributed by atoms with Crippen molar-refractivity contribution in [2.75, 3.05) is 13.6 Å². The van der Waals surface area contributed by atoms with E-state index in [0.717, 1.165) is 41.8 Å². The van der Waals surface area contributed by atoms with Gasteiger partial charge in [-0.15, -0.1) is 35.3 Å². The second-order valence-corrected chi connectivity index (χ2v) is 8.58. The molecular formula is C20H29IN4OS. The van der Waals surface area contributed by atoms with Crippen molar-refractivity contribution in [1.82, 2.24) is 15.6 Å². The molecule has 0 fully saturated rings. The van der Waals surface area contributed by atoms with E-state index in [0.29, 0.717) is 0 Å². The minimum absolute atomic E-state index is 0. The second-order valence-electron chi connectivity index (χ2n) is 7.29. The molecule has 1 atom stereocenters. The molecule has 148 valence electrons. The average molecular weight is 500 g/mol. The molecule has 0 aliphatic carbocycles. The molecule has 3 rings (SSSR count). The summed E-state index contributed by atoms with van der Waals surface area (Å²) in [4.78, 5) is 10.2. The predicted molar refractivity (Wildman–Crippen MR) is 124 cm³/mol. The lowest BCUT2D eigenvalue weighted by molar-refractivity contribution is 0.0694. The van der Waals surface area contributed by atoms with E-state index in [4.69, 9.17) is 4.74 Å². The smallest absolute Gasteiger partial charge is 0.191 e. The number of guanidine groups is 1. The molecule has 1 aliphatic rings. The molecule has 0 saturated carbocycles. The number of hydrogen-bond acceptors (Lipinski definition) is 4. The van der Waals surface area contributed by atoms with E-state index in [1.165, 1.54) is 10.4 Å². The van der Waals surface area contributed by atoms with Crippen molar-refractivity contribution >= 4 is 41.3 Å². The number of nitrogens with zero attached hydrogens (tertiary/aromatic N) is 2. The van der Waals surface area contributed by atoms with Gasteiger partial charge in [-0.2, -0.15) is 0 Å². The Morgan fingerprint density at radius 1 is 1.33 bits per heavy atom. The largest absolute Gasteiger partial charge is 0.487 e. The molecule has 0 saturated heterocycles. The molecule has 7 heteroatoms. The maximum Gasteiger partial charge on any atom is 0.191 e. The highest BCUT2D eigenvalue weighted by atomic mass is 127. The summed E-state index contributed by atoms with van der Waals surface area (Å²) in [7, 11) is 1.81. The Kier molecular flexibility index (Phi) is 7.50. The molecule has 0 bridgehead atoms. The summed E-state index contributed by atoms with van der Waals surface area (Å²) in [5.41, 5.74) is 2.11. The number of aromatic nitrogens is 1. The number of nitrogens with one attached hydrogen (secondary N) is 2. The number of hydrogen-bond donors (Lipinski definition) is 2. The van der Waals surface area contributed by atoms with E-state index in [2.05, 4.69) is 60.4 Å². The Hall–Kier alpha value is -1.35. The van der Waals surface area contributed by atoms with E-state index in [-0.39, 0.29) is 35.6 Å². The zero-order valence-corrected chi connectivity index (χ0v) is 19.8. The van der Waals surface area contributed by atoms with E-state index in [1.54, 1.807) is 11.3 Å². The van der Waals surface area contributed by atoms with E-state index < -0.39 is 0 Å². The monoisotopic (exact) mass is 500 g/mol. The van der Waals surface area contributed by atoms with E-state index in [1.807, 2.05) is 19.2 Å². The minimum atomic E-state index is -0.206. The third-order valence-corrected chi connectivity index (χ3v) is 5.69. The summed E-state index contributed by atoms with van der Waals surface area (Å²) in [5, 5.41) is 8.13. The summed E-state index contributed by atoms with van der Waals surface area (Å²) in [6, 6.07) is 8.41. The Labute approximate surface area is 183 Å². The van der Waals surface area contributed by atoms with Gasteiger partial charge in [0.25, 0.3) is 0 Å². The number of aliphatic imine (C=N–C) groups is 1. The van der Waals surface area contributed by atoms with Gasteiger partial charge in [-0.3, -0.25) is 4.99 Å². The van der Waals surface area contributed by atoms with Gasteiger partial charge in [0.15, 0.2) is 5.96 Å². The summed E-state index contributed by atoms with van der Waals surface area (Å²) < 4.78 is 6.11. The fraction of sp³-hybridized carbons (Fsp3) is 0.500. The third-order valence-electron chi connectivity index (χ3n) is 4.56. The van der Waals surface area contributed by atoms with Gasteiger partial charge in [-0.05, 0) is 33.8 Å². The second kappa shape index (κ2) is 9.23. The first-order chi connectivity index (χ1) is 12.4. The van der Waals surface area contributed by atoms with Crippen LogP contribution in [0.2, 0.25) is 0 Å². The standard InChI is InChI=1S/C20H28N4OS.HI/c1-13-18(26-14(2)23-13)10-11-22-19(21-5)24-16-12-20(3,4)25-17-9-7-6-8-15(16)17;/h6-9,16H,10-12H2,1-5H3,(H2,21,22,24);1H. The van der Waals surface area contributed by atoms with Gasteiger partial charge in [-0.1, -0.05) is 18.2 Å². The Balaban J connectivity index is 0.00000261. The van der Waals surface area contributed by atoms with Crippen LogP contribution in [0.5, 0.6) is 5.75 Å².